The molecule has 0 aliphatic rings. The lowest BCUT2D eigenvalue weighted by Crippen LogP contribution is -2.21. The Morgan fingerprint density at radius 2 is 2.04 bits per heavy atom. The number of allylic oxidation sites excluding steroid dienone is 1. The highest BCUT2D eigenvalue weighted by molar-refractivity contribution is 5.69. The quantitative estimate of drug-likeness (QED) is 0.734. The molecule has 0 atom stereocenters. The molecule has 5 nitrogen and oxygen atoms in total. The van der Waals surface area contributed by atoms with E-state index >= 15 is 0 Å². The zero-order valence-corrected chi connectivity index (χ0v) is 13.8. The number of rotatable bonds is 4. The molecule has 0 saturated heterocycles. The predicted molar refractivity (Wildman–Crippen MR) is 88.2 cm³/mol. The molecular formula is C17H18F2N4O. The van der Waals surface area contributed by atoms with Gasteiger partial charge in [-0.3, -0.25) is 13.6 Å². The molecule has 126 valence electrons. The van der Waals surface area contributed by atoms with Crippen molar-refractivity contribution in [2.45, 2.75) is 33.9 Å². The molecule has 3 aromatic rings. The molecule has 3 heterocycles. The van der Waals surface area contributed by atoms with Gasteiger partial charge in [-0.2, -0.15) is 13.9 Å². The van der Waals surface area contributed by atoms with Crippen LogP contribution < -0.4 is 5.69 Å². The van der Waals surface area contributed by atoms with Crippen LogP contribution in [0, 0.1) is 6.92 Å². The summed E-state index contributed by atoms with van der Waals surface area (Å²) in [5.74, 6) is 0. The van der Waals surface area contributed by atoms with Gasteiger partial charge in [0, 0.05) is 35.8 Å². The van der Waals surface area contributed by atoms with Crippen molar-refractivity contribution >= 4 is 5.52 Å². The second kappa shape index (κ2) is 6.07. The molecule has 0 amide bonds. The Labute approximate surface area is 137 Å². The summed E-state index contributed by atoms with van der Waals surface area (Å²) in [5, 5.41) is 4.25. The standard InChI is InChI=1S/C17H18F2N4O/c1-4-21-10-14(8-20-21)13-5-6-22-15(7-13)12(3)23(17(22)24)9-11(2)16(18)19/h5-8,10H,4,9H2,1-3H3. The monoisotopic (exact) mass is 332 g/mol. The minimum absolute atomic E-state index is 0.111. The fourth-order valence-electron chi connectivity index (χ4n) is 2.71. The topological polar surface area (TPSA) is 44.2 Å². The van der Waals surface area contributed by atoms with Crippen LogP contribution in [0.1, 0.15) is 19.5 Å². The van der Waals surface area contributed by atoms with Gasteiger partial charge in [-0.1, -0.05) is 0 Å². The molecule has 0 aliphatic heterocycles. The van der Waals surface area contributed by atoms with Gasteiger partial charge >= 0.3 is 5.69 Å². The number of fused-ring (bicyclic) bond motifs is 1. The third-order valence-corrected chi connectivity index (χ3v) is 4.18. The molecule has 7 heteroatoms. The fourth-order valence-corrected chi connectivity index (χ4v) is 2.71. The summed E-state index contributed by atoms with van der Waals surface area (Å²) < 4.78 is 30.1. The number of pyridine rings is 1. The van der Waals surface area contributed by atoms with Gasteiger partial charge in [0.25, 0.3) is 6.08 Å². The summed E-state index contributed by atoms with van der Waals surface area (Å²) in [6.45, 7) is 5.76. The number of imidazole rings is 1. The maximum Gasteiger partial charge on any atom is 0.333 e. The van der Waals surface area contributed by atoms with Crippen molar-refractivity contribution in [2.24, 2.45) is 0 Å². The average molecular weight is 332 g/mol. The van der Waals surface area contributed by atoms with Crippen molar-refractivity contribution in [3.05, 3.63) is 58.6 Å². The SMILES string of the molecule is CCn1cc(-c2ccn3c(=O)n(CC(C)=C(F)F)c(C)c3c2)cn1. The van der Waals surface area contributed by atoms with Crippen LogP contribution in [0.2, 0.25) is 0 Å². The van der Waals surface area contributed by atoms with Crippen molar-refractivity contribution in [1.29, 1.82) is 0 Å². The van der Waals surface area contributed by atoms with Crippen LogP contribution in [0.5, 0.6) is 0 Å². The lowest BCUT2D eigenvalue weighted by Gasteiger charge is -2.03. The molecule has 0 aromatic carbocycles. The number of hydrogen-bond acceptors (Lipinski definition) is 2. The zero-order valence-electron chi connectivity index (χ0n) is 13.8. The van der Waals surface area contributed by atoms with E-state index in [1.807, 2.05) is 29.9 Å². The van der Waals surface area contributed by atoms with Crippen molar-refractivity contribution in [3.63, 3.8) is 0 Å². The number of aromatic nitrogens is 4. The summed E-state index contributed by atoms with van der Waals surface area (Å²) in [6.07, 6.45) is 3.63. The molecule has 0 saturated carbocycles. The van der Waals surface area contributed by atoms with Crippen LogP contribution in [-0.2, 0) is 13.1 Å². The van der Waals surface area contributed by atoms with E-state index in [0.717, 1.165) is 17.7 Å². The minimum Gasteiger partial charge on any atom is -0.291 e. The summed E-state index contributed by atoms with van der Waals surface area (Å²) in [5.41, 5.74) is 2.81. The number of hydrogen-bond donors (Lipinski definition) is 0. The van der Waals surface area contributed by atoms with E-state index in [1.54, 1.807) is 19.3 Å². The summed E-state index contributed by atoms with van der Waals surface area (Å²) in [6, 6.07) is 3.71. The number of halogens is 2. The van der Waals surface area contributed by atoms with Gasteiger partial charge in [0.05, 0.1) is 18.3 Å². The highest BCUT2D eigenvalue weighted by Gasteiger charge is 2.14. The highest BCUT2D eigenvalue weighted by Crippen LogP contribution is 2.22. The van der Waals surface area contributed by atoms with Crippen LogP contribution >= 0.6 is 0 Å². The Morgan fingerprint density at radius 1 is 1.29 bits per heavy atom. The summed E-state index contributed by atoms with van der Waals surface area (Å²) in [4.78, 5) is 12.4. The third-order valence-electron chi connectivity index (χ3n) is 4.18. The largest absolute Gasteiger partial charge is 0.333 e. The lowest BCUT2D eigenvalue weighted by molar-refractivity contribution is 0.404. The van der Waals surface area contributed by atoms with Gasteiger partial charge in [-0.25, -0.2) is 4.79 Å². The Hall–Kier alpha value is -2.70. The molecule has 3 rings (SSSR count). The maximum absolute atomic E-state index is 12.7. The van der Waals surface area contributed by atoms with Gasteiger partial charge in [0.2, 0.25) is 0 Å². The van der Waals surface area contributed by atoms with Crippen LogP contribution in [0.25, 0.3) is 16.6 Å². The van der Waals surface area contributed by atoms with Crippen molar-refractivity contribution in [1.82, 2.24) is 18.7 Å². The van der Waals surface area contributed by atoms with E-state index < -0.39 is 6.08 Å². The smallest absolute Gasteiger partial charge is 0.291 e. The Bertz CT molecular complexity index is 990. The number of aryl methyl sites for hydroxylation is 2. The molecule has 0 N–H and O–H groups in total. The molecule has 0 radical (unpaired) electrons. The van der Waals surface area contributed by atoms with E-state index in [4.69, 9.17) is 0 Å². The van der Waals surface area contributed by atoms with Crippen molar-refractivity contribution < 1.29 is 8.78 Å². The van der Waals surface area contributed by atoms with E-state index in [9.17, 15) is 13.6 Å². The first kappa shape index (κ1) is 16.2. The first-order valence-corrected chi connectivity index (χ1v) is 7.67. The number of nitrogens with zero attached hydrogens (tertiary/aromatic N) is 4. The lowest BCUT2D eigenvalue weighted by atomic mass is 10.1. The van der Waals surface area contributed by atoms with Crippen LogP contribution in [-0.4, -0.2) is 18.7 Å². The van der Waals surface area contributed by atoms with E-state index in [-0.39, 0.29) is 17.8 Å². The predicted octanol–water partition coefficient (Wildman–Crippen LogP) is 3.46. The second-order valence-electron chi connectivity index (χ2n) is 5.75. The molecule has 24 heavy (non-hydrogen) atoms. The molecule has 0 aliphatic carbocycles. The van der Waals surface area contributed by atoms with Crippen LogP contribution in [0.4, 0.5) is 8.78 Å². The first-order chi connectivity index (χ1) is 11.4. The van der Waals surface area contributed by atoms with E-state index in [2.05, 4.69) is 5.10 Å². The van der Waals surface area contributed by atoms with Gasteiger partial charge in [0.15, 0.2) is 0 Å². The fraction of sp³-hybridized carbons (Fsp3) is 0.294. The maximum atomic E-state index is 12.7. The molecular weight excluding hydrogens is 314 g/mol. The third kappa shape index (κ3) is 2.66. The average Bonchev–Trinajstić information content (AvgIpc) is 3.14. The Balaban J connectivity index is 2.12. The Kier molecular flexibility index (Phi) is 4.09. The molecule has 0 spiro atoms. The summed E-state index contributed by atoms with van der Waals surface area (Å²) >= 11 is 0. The van der Waals surface area contributed by atoms with Crippen molar-refractivity contribution in [2.75, 3.05) is 0 Å². The normalized spacial score (nSPS) is 11.2. The minimum atomic E-state index is -1.75. The zero-order chi connectivity index (χ0) is 17.4. The first-order valence-electron chi connectivity index (χ1n) is 7.67. The van der Waals surface area contributed by atoms with E-state index in [1.165, 1.54) is 15.9 Å². The summed E-state index contributed by atoms with van der Waals surface area (Å²) in [7, 11) is 0. The molecule has 0 unspecified atom stereocenters. The molecule has 0 fully saturated rings. The molecule has 0 bridgehead atoms. The highest BCUT2D eigenvalue weighted by atomic mass is 19.3. The molecule has 3 aromatic heterocycles. The van der Waals surface area contributed by atoms with Gasteiger partial charge in [0.1, 0.15) is 0 Å². The van der Waals surface area contributed by atoms with Crippen LogP contribution in [0.15, 0.2) is 47.2 Å². The van der Waals surface area contributed by atoms with Crippen molar-refractivity contribution in [3.8, 4) is 11.1 Å². The van der Waals surface area contributed by atoms with Gasteiger partial charge < -0.3 is 0 Å². The second-order valence-corrected chi connectivity index (χ2v) is 5.75. The van der Waals surface area contributed by atoms with E-state index in [0.29, 0.717) is 11.2 Å². The van der Waals surface area contributed by atoms with Gasteiger partial charge in [-0.15, -0.1) is 0 Å². The van der Waals surface area contributed by atoms with Crippen LogP contribution in [0.3, 0.4) is 0 Å². The Morgan fingerprint density at radius 3 is 2.67 bits per heavy atom. The van der Waals surface area contributed by atoms with Gasteiger partial charge in [-0.05, 0) is 38.5 Å².